The summed E-state index contributed by atoms with van der Waals surface area (Å²) in [4.78, 5) is 22.0. The van der Waals surface area contributed by atoms with Crippen LogP contribution in [0, 0.1) is 0 Å². The van der Waals surface area contributed by atoms with Crippen LogP contribution in [-0.2, 0) is 19.1 Å². The van der Waals surface area contributed by atoms with Gasteiger partial charge in [-0.2, -0.15) is 0 Å². The molecule has 0 N–H and O–H groups in total. The molecule has 90 valence electrons. The molecule has 0 fully saturated rings. The van der Waals surface area contributed by atoms with E-state index in [0.717, 1.165) is 5.56 Å². The summed E-state index contributed by atoms with van der Waals surface area (Å²) in [6.07, 6.45) is 2.15. The van der Waals surface area contributed by atoms with Gasteiger partial charge in [0.05, 0.1) is 7.11 Å². The highest BCUT2D eigenvalue weighted by molar-refractivity contribution is 5.82. The van der Waals surface area contributed by atoms with E-state index < -0.39 is 18.0 Å². The molecule has 1 rings (SSSR count). The summed E-state index contributed by atoms with van der Waals surface area (Å²) < 4.78 is 9.57. The van der Waals surface area contributed by atoms with Crippen LogP contribution in [0.3, 0.4) is 0 Å². The van der Waals surface area contributed by atoms with Gasteiger partial charge < -0.3 is 9.47 Å². The van der Waals surface area contributed by atoms with Crippen molar-refractivity contribution in [3.05, 3.63) is 48.0 Å². The Morgan fingerprint density at radius 1 is 1.24 bits per heavy atom. The summed E-state index contributed by atoms with van der Waals surface area (Å²) in [7, 11) is 1.29. The Morgan fingerprint density at radius 2 is 1.88 bits per heavy atom. The van der Waals surface area contributed by atoms with Crippen LogP contribution < -0.4 is 0 Å². The SMILES string of the molecule is COC(=O)C=CC(OC(C)=O)c1ccccc1. The van der Waals surface area contributed by atoms with Gasteiger partial charge in [-0.05, 0) is 11.6 Å². The third-order valence-electron chi connectivity index (χ3n) is 2.03. The Bertz CT molecular complexity index is 409. The number of hydrogen-bond acceptors (Lipinski definition) is 4. The zero-order valence-corrected chi connectivity index (χ0v) is 9.75. The van der Waals surface area contributed by atoms with E-state index in [0.29, 0.717) is 0 Å². The minimum absolute atomic E-state index is 0.409. The van der Waals surface area contributed by atoms with Crippen LogP contribution in [0.4, 0.5) is 0 Å². The van der Waals surface area contributed by atoms with Gasteiger partial charge in [-0.3, -0.25) is 4.79 Å². The second-order valence-corrected chi connectivity index (χ2v) is 3.32. The zero-order chi connectivity index (χ0) is 12.7. The van der Waals surface area contributed by atoms with Crippen molar-refractivity contribution in [3.63, 3.8) is 0 Å². The summed E-state index contributed by atoms with van der Waals surface area (Å²) in [6, 6.07) is 9.15. The molecule has 0 saturated heterocycles. The van der Waals surface area contributed by atoms with E-state index in [2.05, 4.69) is 4.74 Å². The maximum atomic E-state index is 11.0. The van der Waals surface area contributed by atoms with Crippen molar-refractivity contribution in [1.82, 2.24) is 0 Å². The molecule has 1 atom stereocenters. The fourth-order valence-electron chi connectivity index (χ4n) is 1.27. The van der Waals surface area contributed by atoms with E-state index in [1.54, 1.807) is 0 Å². The number of ether oxygens (including phenoxy) is 2. The van der Waals surface area contributed by atoms with Crippen LogP contribution in [0.15, 0.2) is 42.5 Å². The molecule has 0 aliphatic rings. The summed E-state index contributed by atoms with van der Waals surface area (Å²) in [5.74, 6) is -0.897. The smallest absolute Gasteiger partial charge is 0.330 e. The first-order chi connectivity index (χ1) is 8.13. The lowest BCUT2D eigenvalue weighted by Gasteiger charge is -2.13. The van der Waals surface area contributed by atoms with Crippen molar-refractivity contribution in [3.8, 4) is 0 Å². The van der Waals surface area contributed by atoms with Gasteiger partial charge in [0.1, 0.15) is 6.10 Å². The zero-order valence-electron chi connectivity index (χ0n) is 9.75. The molecule has 4 nitrogen and oxygen atoms in total. The maximum absolute atomic E-state index is 11.0. The molecule has 1 aromatic rings. The van der Waals surface area contributed by atoms with Crippen molar-refractivity contribution >= 4 is 11.9 Å². The van der Waals surface area contributed by atoms with Gasteiger partial charge in [-0.15, -0.1) is 0 Å². The summed E-state index contributed by atoms with van der Waals surface area (Å²) in [5.41, 5.74) is 0.794. The van der Waals surface area contributed by atoms with Crippen LogP contribution >= 0.6 is 0 Å². The lowest BCUT2D eigenvalue weighted by molar-refractivity contribution is -0.144. The lowest BCUT2D eigenvalue weighted by Crippen LogP contribution is -2.07. The van der Waals surface area contributed by atoms with Crippen molar-refractivity contribution in [2.75, 3.05) is 7.11 Å². The molecule has 1 aromatic carbocycles. The third kappa shape index (κ3) is 4.51. The van der Waals surface area contributed by atoms with Crippen LogP contribution in [0.1, 0.15) is 18.6 Å². The number of carbonyl (C=O) groups is 2. The maximum Gasteiger partial charge on any atom is 0.330 e. The Balaban J connectivity index is 2.85. The second kappa shape index (κ2) is 6.48. The normalized spacial score (nSPS) is 12.1. The fraction of sp³-hybridized carbons (Fsp3) is 0.231. The van der Waals surface area contributed by atoms with E-state index in [-0.39, 0.29) is 0 Å². The number of benzene rings is 1. The fourth-order valence-corrected chi connectivity index (χ4v) is 1.27. The molecule has 0 spiro atoms. The summed E-state index contributed by atoms with van der Waals surface area (Å²) >= 11 is 0. The third-order valence-corrected chi connectivity index (χ3v) is 2.03. The molecule has 1 unspecified atom stereocenters. The quantitative estimate of drug-likeness (QED) is 0.590. The highest BCUT2D eigenvalue weighted by Gasteiger charge is 2.11. The topological polar surface area (TPSA) is 52.6 Å². The van der Waals surface area contributed by atoms with Gasteiger partial charge in [-0.1, -0.05) is 30.3 Å². The van der Waals surface area contributed by atoms with E-state index in [9.17, 15) is 9.59 Å². The Labute approximate surface area is 99.8 Å². The number of hydrogen-bond donors (Lipinski definition) is 0. The lowest BCUT2D eigenvalue weighted by atomic mass is 10.1. The van der Waals surface area contributed by atoms with Crippen molar-refractivity contribution < 1.29 is 19.1 Å². The molecular formula is C13H14O4. The first-order valence-electron chi connectivity index (χ1n) is 5.12. The van der Waals surface area contributed by atoms with E-state index >= 15 is 0 Å². The molecule has 0 bridgehead atoms. The molecule has 0 amide bonds. The average Bonchev–Trinajstić information content (AvgIpc) is 2.34. The molecule has 0 aromatic heterocycles. The van der Waals surface area contributed by atoms with Crippen molar-refractivity contribution in [1.29, 1.82) is 0 Å². The minimum Gasteiger partial charge on any atom is -0.466 e. The van der Waals surface area contributed by atoms with Gasteiger partial charge >= 0.3 is 11.9 Å². The largest absolute Gasteiger partial charge is 0.466 e. The van der Waals surface area contributed by atoms with E-state index in [4.69, 9.17) is 4.74 Å². The second-order valence-electron chi connectivity index (χ2n) is 3.32. The minimum atomic E-state index is -0.576. The summed E-state index contributed by atoms with van der Waals surface area (Å²) in [6.45, 7) is 1.32. The predicted octanol–water partition coefficient (Wildman–Crippen LogP) is 2.02. The monoisotopic (exact) mass is 234 g/mol. The predicted molar refractivity (Wildman–Crippen MR) is 62.1 cm³/mol. The van der Waals surface area contributed by atoms with Gasteiger partial charge in [0.15, 0.2) is 0 Å². The van der Waals surface area contributed by atoms with Crippen molar-refractivity contribution in [2.45, 2.75) is 13.0 Å². The van der Waals surface area contributed by atoms with Crippen molar-refractivity contribution in [2.24, 2.45) is 0 Å². The van der Waals surface area contributed by atoms with E-state index in [1.165, 1.54) is 26.2 Å². The number of methoxy groups -OCH3 is 1. The van der Waals surface area contributed by atoms with Crippen LogP contribution in [0.25, 0.3) is 0 Å². The number of carbonyl (C=O) groups excluding carboxylic acids is 2. The molecule has 0 aliphatic carbocycles. The van der Waals surface area contributed by atoms with E-state index in [1.807, 2.05) is 30.3 Å². The van der Waals surface area contributed by atoms with Gasteiger partial charge in [0.2, 0.25) is 0 Å². The Kier molecular flexibility index (Phi) is 4.94. The molecule has 0 saturated carbocycles. The van der Waals surface area contributed by atoms with Crippen LogP contribution in [0.5, 0.6) is 0 Å². The first-order valence-corrected chi connectivity index (χ1v) is 5.12. The Morgan fingerprint density at radius 3 is 2.41 bits per heavy atom. The standard InChI is InChI=1S/C13H14O4/c1-10(14)17-12(8-9-13(15)16-2)11-6-4-3-5-7-11/h3-9,12H,1-2H3. The van der Waals surface area contributed by atoms with Crippen LogP contribution in [0.2, 0.25) is 0 Å². The summed E-state index contributed by atoms with van der Waals surface area (Å²) in [5, 5.41) is 0. The number of rotatable bonds is 4. The van der Waals surface area contributed by atoms with Gasteiger partial charge in [0, 0.05) is 13.0 Å². The number of esters is 2. The Hall–Kier alpha value is -2.10. The average molecular weight is 234 g/mol. The highest BCUT2D eigenvalue weighted by Crippen LogP contribution is 2.18. The molecule has 0 heterocycles. The molecule has 0 aliphatic heterocycles. The molecule has 0 radical (unpaired) electrons. The molecule has 4 heteroatoms. The van der Waals surface area contributed by atoms with Crippen LogP contribution in [-0.4, -0.2) is 19.0 Å². The molecular weight excluding hydrogens is 220 g/mol. The molecule has 17 heavy (non-hydrogen) atoms. The highest BCUT2D eigenvalue weighted by atomic mass is 16.5. The first kappa shape index (κ1) is 13.0. The van der Waals surface area contributed by atoms with Gasteiger partial charge in [0.25, 0.3) is 0 Å². The van der Waals surface area contributed by atoms with Gasteiger partial charge in [-0.25, -0.2) is 4.79 Å².